The zero-order chi connectivity index (χ0) is 99.3. The summed E-state index contributed by atoms with van der Waals surface area (Å²) in [6.45, 7) is 35.1. The molecule has 16 nitrogen and oxygen atoms in total. The second-order valence-corrected chi connectivity index (χ2v) is 33.4. The SMILES string of the molecule is CCCC/C=C/C=C/CNC(C)=O.CCCCC/C=C/C=C/CNC(C)=O.CCCCCC/C=C/C=C/CNC(C)=O.CCCCCCC/C=C/C=C/CNC(C)=O.CCCCCCCC/C=C/C=C/CNC(C)=O.CCCCCCCCC/C=C/C=C/CNC(C)=O.CCCCCCCCCC/C=C/C=C/CNC(C)=O.CCCCCCCCCCC/C=C/C=C/CNC(C)=O. The van der Waals surface area contributed by atoms with Gasteiger partial charge in [-0.3, -0.25) is 38.4 Å². The molecule has 0 aliphatic rings. The van der Waals surface area contributed by atoms with E-state index in [1.54, 1.807) is 0 Å². The molecule has 0 aliphatic heterocycles. The number of rotatable bonds is 76. The summed E-state index contributed by atoms with van der Waals surface area (Å²) in [6.07, 6.45) is 134. The van der Waals surface area contributed by atoms with Gasteiger partial charge in [0, 0.05) is 108 Å². The Morgan fingerprint density at radius 2 is 0.220 bits per heavy atom. The van der Waals surface area contributed by atoms with Crippen molar-refractivity contribution in [3.63, 3.8) is 0 Å². The Hall–Kier alpha value is -8.40. The van der Waals surface area contributed by atoms with Crippen molar-refractivity contribution in [2.75, 3.05) is 52.4 Å². The van der Waals surface area contributed by atoms with Gasteiger partial charge in [-0.15, -0.1) is 0 Å². The van der Waals surface area contributed by atoms with Crippen molar-refractivity contribution in [1.29, 1.82) is 0 Å². The Kier molecular flexibility index (Phi) is 143. The lowest BCUT2D eigenvalue weighted by atomic mass is 10.1. The van der Waals surface area contributed by atoms with Gasteiger partial charge in [-0.05, 0) is 96.3 Å². The Morgan fingerprint density at radius 3 is 0.348 bits per heavy atom. The van der Waals surface area contributed by atoms with Crippen molar-refractivity contribution < 1.29 is 38.4 Å². The molecule has 0 fully saturated rings. The number of allylic oxidation sites excluding steroid dienone is 24. The van der Waals surface area contributed by atoms with Gasteiger partial charge in [0.05, 0.1) is 0 Å². The van der Waals surface area contributed by atoms with Crippen LogP contribution in [0.15, 0.2) is 194 Å². The second-order valence-electron chi connectivity index (χ2n) is 33.4. The highest BCUT2D eigenvalue weighted by Crippen LogP contribution is 2.14. The number of hydrogen-bond acceptors (Lipinski definition) is 8. The molecule has 0 radical (unpaired) electrons. The van der Waals surface area contributed by atoms with E-state index in [0.29, 0.717) is 52.4 Å². The molecule has 760 valence electrons. The largest absolute Gasteiger partial charge is 0.353 e. The van der Waals surface area contributed by atoms with Gasteiger partial charge in [0.2, 0.25) is 47.3 Å². The maximum absolute atomic E-state index is 10.6. The molecule has 0 saturated carbocycles. The van der Waals surface area contributed by atoms with Crippen LogP contribution >= 0.6 is 0 Å². The standard InChI is InChI=1S/C18H33NO.C17H31NO.C16H29NO.C15H27NO.C14H25NO.C13H23NO.C12H21NO.C11H19NO/c1-3-4-5-6-7-8-9-10-11-12-13-14-15-16-17-19-18(2)20;1-3-4-5-6-7-8-9-10-11-12-13-14-15-16-18-17(2)19;1-3-4-5-6-7-8-9-10-11-12-13-14-15-17-16(2)18;1-3-4-5-6-7-8-9-10-11-12-13-14-16-15(2)17;1-3-4-5-6-7-8-9-10-11-12-13-15-14(2)16;1-3-4-5-6-7-8-9-10-11-12-14-13(2)15;1-3-4-5-6-7-8-9-10-11-13-12(2)14;1-3-4-5-6-7-8-9-10-12-11(2)13/h13-16H,3-12,17H2,1-2H3,(H,19,20);12-15H,3-11,16H2,1-2H3,(H,18,19);11-14H,3-10,15H2,1-2H3,(H,17,18);10-13H,3-9,14H2,1-2H3,(H,16,17);9-12H,3-8,13H2,1-2H3,(H,15,16);8-11H,3-7,12H2,1-2H3,(H,14,15);7-10H,3-6,11H2,1-2H3,(H,13,14);6-9H,3-5,10H2,1-2H3,(H,12,13)/b14-13+,16-15+;13-12+,15-14+;12-11+,14-13+;11-10+,13-12+;10-9+,12-11+;9-8+,11-10+;8-7+,10-9+;7-6+,9-8+. The number of nitrogens with one attached hydrogen (secondary N) is 8. The highest BCUT2D eigenvalue weighted by Gasteiger charge is 1.97. The molecule has 16 heteroatoms. The van der Waals surface area contributed by atoms with Gasteiger partial charge in [-0.1, -0.05) is 487 Å². The minimum Gasteiger partial charge on any atom is -0.353 e. The smallest absolute Gasteiger partial charge is 0.217 e. The lowest BCUT2D eigenvalue weighted by Gasteiger charge is -2.00. The van der Waals surface area contributed by atoms with Crippen molar-refractivity contribution in [2.24, 2.45) is 0 Å². The summed E-state index contributed by atoms with van der Waals surface area (Å²) < 4.78 is 0. The number of hydrogen-bond donors (Lipinski definition) is 8. The Bertz CT molecular complexity index is 2980. The van der Waals surface area contributed by atoms with Crippen LogP contribution in [0.5, 0.6) is 0 Å². The fourth-order valence-corrected chi connectivity index (χ4v) is 11.8. The lowest BCUT2D eigenvalue weighted by molar-refractivity contribution is -0.119. The predicted octanol–water partition coefficient (Wildman–Crippen LogP) is 30.3. The van der Waals surface area contributed by atoms with E-state index in [4.69, 9.17) is 0 Å². The third-order valence-electron chi connectivity index (χ3n) is 19.6. The van der Waals surface area contributed by atoms with E-state index in [2.05, 4.69) is 177 Å². The highest BCUT2D eigenvalue weighted by atomic mass is 16.2. The molecule has 132 heavy (non-hydrogen) atoms. The molecule has 0 spiro atoms. The van der Waals surface area contributed by atoms with Gasteiger partial charge in [0.15, 0.2) is 0 Å². The maximum Gasteiger partial charge on any atom is 0.217 e. The van der Waals surface area contributed by atoms with Crippen molar-refractivity contribution in [2.45, 2.75) is 445 Å². The molecule has 0 atom stereocenters. The van der Waals surface area contributed by atoms with Crippen molar-refractivity contribution in [1.82, 2.24) is 42.5 Å². The summed E-state index contributed by atoms with van der Waals surface area (Å²) >= 11 is 0. The summed E-state index contributed by atoms with van der Waals surface area (Å²) in [7, 11) is 0. The highest BCUT2D eigenvalue weighted by molar-refractivity contribution is 5.75. The summed E-state index contributed by atoms with van der Waals surface area (Å²) in [6, 6.07) is 0. The first-order valence-electron chi connectivity index (χ1n) is 52.7. The van der Waals surface area contributed by atoms with Crippen molar-refractivity contribution in [3.8, 4) is 0 Å². The number of unbranched alkanes of at least 4 members (excludes halogenated alkanes) is 44. The Labute approximate surface area is 814 Å². The van der Waals surface area contributed by atoms with Gasteiger partial charge >= 0.3 is 0 Å². The monoisotopic (exact) mass is 1840 g/mol. The normalized spacial score (nSPS) is 11.4. The molecular weight excluding hydrogens is 1630 g/mol. The van der Waals surface area contributed by atoms with E-state index in [1.807, 2.05) is 115 Å². The fraction of sp³-hybridized carbons (Fsp3) is 0.655. The summed E-state index contributed by atoms with van der Waals surface area (Å²) in [4.78, 5) is 84.4. The van der Waals surface area contributed by atoms with Crippen LogP contribution in [-0.4, -0.2) is 99.6 Å². The molecule has 0 rings (SSSR count). The lowest BCUT2D eigenvalue weighted by Crippen LogP contribution is -2.19. The van der Waals surface area contributed by atoms with Gasteiger partial charge in [0.25, 0.3) is 0 Å². The second kappa shape index (κ2) is 136. The first kappa shape index (κ1) is 139. The first-order valence-corrected chi connectivity index (χ1v) is 52.7. The van der Waals surface area contributed by atoms with Crippen LogP contribution in [0, 0.1) is 0 Å². The Balaban J connectivity index is -0.000000223. The average Bonchev–Trinajstić information content (AvgIpc) is 1.13. The summed E-state index contributed by atoms with van der Waals surface area (Å²) in [5, 5.41) is 21.7. The maximum atomic E-state index is 10.6. The zero-order valence-electron chi connectivity index (χ0n) is 88.2. The first-order chi connectivity index (χ1) is 64.2. The van der Waals surface area contributed by atoms with E-state index in [-0.39, 0.29) is 47.3 Å². The van der Waals surface area contributed by atoms with Crippen LogP contribution < -0.4 is 42.5 Å². The third kappa shape index (κ3) is 178. The molecule has 0 saturated heterocycles. The molecule has 0 aromatic heterocycles. The minimum atomic E-state index is 0.0135. The van der Waals surface area contributed by atoms with E-state index in [1.165, 1.54) is 351 Å². The molecule has 0 bridgehead atoms. The summed E-state index contributed by atoms with van der Waals surface area (Å²) in [5.74, 6) is 0.146. The average molecular weight is 1840 g/mol. The van der Waals surface area contributed by atoms with Crippen LogP contribution in [0.3, 0.4) is 0 Å². The van der Waals surface area contributed by atoms with E-state index >= 15 is 0 Å². The van der Waals surface area contributed by atoms with E-state index in [9.17, 15) is 38.4 Å². The number of carbonyl (C=O) groups is 8. The van der Waals surface area contributed by atoms with Gasteiger partial charge in [-0.2, -0.15) is 0 Å². The molecular formula is C116H208N8O8. The molecule has 8 amide bonds. The topological polar surface area (TPSA) is 233 Å². The zero-order valence-corrected chi connectivity index (χ0v) is 88.2. The van der Waals surface area contributed by atoms with Crippen LogP contribution in [0.4, 0.5) is 0 Å². The third-order valence-corrected chi connectivity index (χ3v) is 19.6. The molecule has 0 aromatic carbocycles. The van der Waals surface area contributed by atoms with Gasteiger partial charge in [0.1, 0.15) is 0 Å². The number of amides is 8. The Morgan fingerprint density at radius 1 is 0.129 bits per heavy atom. The molecule has 0 heterocycles. The quantitative estimate of drug-likeness (QED) is 0.0215. The van der Waals surface area contributed by atoms with Gasteiger partial charge in [-0.25, -0.2) is 0 Å². The number of carbonyl (C=O) groups excluding carboxylic acids is 8. The summed E-state index contributed by atoms with van der Waals surface area (Å²) in [5.41, 5.74) is 0. The van der Waals surface area contributed by atoms with Crippen LogP contribution in [0.25, 0.3) is 0 Å². The van der Waals surface area contributed by atoms with Crippen molar-refractivity contribution in [3.05, 3.63) is 194 Å². The molecule has 0 aliphatic carbocycles. The van der Waals surface area contributed by atoms with Crippen LogP contribution in [-0.2, 0) is 38.4 Å². The predicted molar refractivity (Wildman–Crippen MR) is 581 cm³/mol. The molecule has 8 N–H and O–H groups in total. The molecule has 0 unspecified atom stereocenters. The fourth-order valence-electron chi connectivity index (χ4n) is 11.8. The minimum absolute atomic E-state index is 0.0135. The van der Waals surface area contributed by atoms with Crippen molar-refractivity contribution >= 4 is 47.3 Å². The van der Waals surface area contributed by atoms with Crippen LogP contribution in [0.2, 0.25) is 0 Å². The molecule has 0 aromatic rings. The van der Waals surface area contributed by atoms with E-state index < -0.39 is 0 Å². The van der Waals surface area contributed by atoms with E-state index in [0.717, 1.165) is 38.5 Å². The van der Waals surface area contributed by atoms with Crippen LogP contribution in [0.1, 0.15) is 445 Å². The van der Waals surface area contributed by atoms with Gasteiger partial charge < -0.3 is 42.5 Å².